The molecule has 1 aromatic heterocycles. The Kier molecular flexibility index (Phi) is 3.87. The summed E-state index contributed by atoms with van der Waals surface area (Å²) in [6, 6.07) is 7.65. The molecule has 0 saturated heterocycles. The molecule has 1 saturated carbocycles. The second-order valence-electron chi connectivity index (χ2n) is 5.83. The average Bonchev–Trinajstić information content (AvgIpc) is 3.13. The first-order valence-corrected chi connectivity index (χ1v) is 8.00. The second-order valence-corrected chi connectivity index (χ2v) is 6.92. The first-order valence-electron chi connectivity index (χ1n) is 7.18. The number of nitrogen functional groups attached to an aromatic ring is 1. The number of nitrogens with one attached hydrogen (secondary N) is 1. The fourth-order valence-electron chi connectivity index (χ4n) is 2.54. The van der Waals surface area contributed by atoms with Crippen molar-refractivity contribution in [1.82, 2.24) is 5.32 Å². The van der Waals surface area contributed by atoms with Crippen LogP contribution in [0.15, 0.2) is 24.3 Å². The number of benzene rings is 1. The maximum Gasteiger partial charge on any atom is 0.261 e. The van der Waals surface area contributed by atoms with Crippen molar-refractivity contribution >= 4 is 33.0 Å². The van der Waals surface area contributed by atoms with E-state index in [0.717, 1.165) is 40.2 Å². The summed E-state index contributed by atoms with van der Waals surface area (Å²) in [5, 5.41) is 4.10. The molecule has 1 fully saturated rings. The third kappa shape index (κ3) is 3.19. The molecule has 1 aliphatic carbocycles. The number of anilines is 1. The van der Waals surface area contributed by atoms with Crippen LogP contribution in [0.2, 0.25) is 0 Å². The predicted octanol–water partition coefficient (Wildman–Crippen LogP) is 3.03. The third-order valence-corrected chi connectivity index (χ3v) is 5.30. The number of carbonyl (C=O) groups is 1. The third-order valence-electron chi connectivity index (χ3n) is 4.18. The Morgan fingerprint density at radius 1 is 1.43 bits per heavy atom. The number of hydrogen-bond acceptors (Lipinski definition) is 4. The molecule has 5 heteroatoms. The Balaban J connectivity index is 1.64. The van der Waals surface area contributed by atoms with Gasteiger partial charge in [0.2, 0.25) is 0 Å². The van der Waals surface area contributed by atoms with Crippen molar-refractivity contribution in [1.29, 1.82) is 0 Å². The number of ether oxygens (including phenoxy) is 1. The number of rotatable bonds is 6. The molecule has 0 unspecified atom stereocenters. The van der Waals surface area contributed by atoms with Gasteiger partial charge in [0, 0.05) is 30.6 Å². The molecule has 0 aliphatic heterocycles. The molecule has 0 bridgehead atoms. The van der Waals surface area contributed by atoms with Crippen LogP contribution < -0.4 is 11.1 Å². The Hall–Kier alpha value is -1.59. The van der Waals surface area contributed by atoms with Gasteiger partial charge in [0.15, 0.2) is 0 Å². The molecular weight excluding hydrogens is 284 g/mol. The predicted molar refractivity (Wildman–Crippen MR) is 86.7 cm³/mol. The fourth-order valence-corrected chi connectivity index (χ4v) is 3.50. The van der Waals surface area contributed by atoms with Gasteiger partial charge in [-0.2, -0.15) is 0 Å². The van der Waals surface area contributed by atoms with Crippen molar-refractivity contribution < 1.29 is 9.53 Å². The quantitative estimate of drug-likeness (QED) is 0.806. The van der Waals surface area contributed by atoms with Crippen LogP contribution in [0.25, 0.3) is 10.1 Å². The van der Waals surface area contributed by atoms with E-state index in [-0.39, 0.29) is 11.3 Å². The smallest absolute Gasteiger partial charge is 0.261 e. The van der Waals surface area contributed by atoms with Gasteiger partial charge in [-0.15, -0.1) is 11.3 Å². The van der Waals surface area contributed by atoms with Gasteiger partial charge in [0.1, 0.15) is 0 Å². The van der Waals surface area contributed by atoms with E-state index < -0.39 is 0 Å². The molecule has 112 valence electrons. The summed E-state index contributed by atoms with van der Waals surface area (Å²) >= 11 is 1.51. The minimum absolute atomic E-state index is 0.0125. The molecule has 1 aliphatic rings. The van der Waals surface area contributed by atoms with Crippen molar-refractivity contribution in [2.24, 2.45) is 5.41 Å². The molecule has 1 amide bonds. The van der Waals surface area contributed by atoms with Crippen molar-refractivity contribution in [2.75, 3.05) is 26.0 Å². The van der Waals surface area contributed by atoms with E-state index in [1.807, 2.05) is 24.3 Å². The van der Waals surface area contributed by atoms with E-state index in [0.29, 0.717) is 0 Å². The molecule has 0 radical (unpaired) electrons. The molecule has 3 rings (SSSR count). The highest BCUT2D eigenvalue weighted by molar-refractivity contribution is 7.20. The Morgan fingerprint density at radius 3 is 2.95 bits per heavy atom. The lowest BCUT2D eigenvalue weighted by Gasteiger charge is -2.14. The van der Waals surface area contributed by atoms with E-state index in [1.54, 1.807) is 7.11 Å². The Morgan fingerprint density at radius 2 is 2.24 bits per heavy atom. The topological polar surface area (TPSA) is 64.3 Å². The summed E-state index contributed by atoms with van der Waals surface area (Å²) in [6.45, 7) is 1.50. The monoisotopic (exact) mass is 304 g/mol. The van der Waals surface area contributed by atoms with Crippen LogP contribution in [0.4, 0.5) is 5.69 Å². The number of carbonyl (C=O) groups excluding carboxylic acids is 1. The number of methoxy groups -OCH3 is 1. The molecule has 2 aromatic rings. The molecule has 3 N–H and O–H groups in total. The number of thiophene rings is 1. The lowest BCUT2D eigenvalue weighted by atomic mass is 10.0. The van der Waals surface area contributed by atoms with Gasteiger partial charge in [-0.3, -0.25) is 4.79 Å². The first kappa shape index (κ1) is 14.4. The normalized spacial score (nSPS) is 16.0. The minimum Gasteiger partial charge on any atom is -0.399 e. The van der Waals surface area contributed by atoms with Gasteiger partial charge < -0.3 is 15.8 Å². The SMILES string of the molecule is COCCC1(CNC(=O)c2cc3cc(N)ccc3s2)CC1. The maximum atomic E-state index is 12.3. The highest BCUT2D eigenvalue weighted by Gasteiger charge is 2.42. The van der Waals surface area contributed by atoms with Gasteiger partial charge in [0.25, 0.3) is 5.91 Å². The van der Waals surface area contributed by atoms with Crippen molar-refractivity contribution in [3.63, 3.8) is 0 Å². The molecule has 0 spiro atoms. The van der Waals surface area contributed by atoms with Crippen LogP contribution in [0.1, 0.15) is 28.9 Å². The summed E-state index contributed by atoms with van der Waals surface area (Å²) in [6.07, 6.45) is 3.38. The van der Waals surface area contributed by atoms with Crippen LogP contribution in [-0.2, 0) is 4.74 Å². The average molecular weight is 304 g/mol. The Labute approximate surface area is 128 Å². The Bertz CT molecular complexity index is 661. The zero-order valence-corrected chi connectivity index (χ0v) is 13.0. The van der Waals surface area contributed by atoms with Crippen molar-refractivity contribution in [3.05, 3.63) is 29.1 Å². The number of fused-ring (bicyclic) bond motifs is 1. The van der Waals surface area contributed by atoms with Gasteiger partial charge in [-0.25, -0.2) is 0 Å². The molecule has 1 heterocycles. The van der Waals surface area contributed by atoms with Crippen LogP contribution in [-0.4, -0.2) is 26.2 Å². The van der Waals surface area contributed by atoms with E-state index in [9.17, 15) is 4.79 Å². The number of hydrogen-bond donors (Lipinski definition) is 2. The largest absolute Gasteiger partial charge is 0.399 e. The summed E-state index contributed by atoms with van der Waals surface area (Å²) in [5.41, 5.74) is 6.77. The standard InChI is InChI=1S/C16H20N2O2S/c1-20-7-6-16(4-5-16)10-18-15(19)14-9-11-8-12(17)2-3-13(11)21-14/h2-3,8-9H,4-7,10,17H2,1H3,(H,18,19). The molecule has 4 nitrogen and oxygen atoms in total. The number of amides is 1. The molecule has 0 atom stereocenters. The molecular formula is C16H20N2O2S. The lowest BCUT2D eigenvalue weighted by Crippen LogP contribution is -2.30. The van der Waals surface area contributed by atoms with Crippen LogP contribution in [0.3, 0.4) is 0 Å². The van der Waals surface area contributed by atoms with Gasteiger partial charge in [-0.1, -0.05) is 0 Å². The molecule has 1 aromatic carbocycles. The maximum absolute atomic E-state index is 12.3. The summed E-state index contributed by atoms with van der Waals surface area (Å²) in [4.78, 5) is 13.0. The van der Waals surface area contributed by atoms with Crippen LogP contribution in [0.5, 0.6) is 0 Å². The van der Waals surface area contributed by atoms with Crippen LogP contribution in [0, 0.1) is 5.41 Å². The highest BCUT2D eigenvalue weighted by atomic mass is 32.1. The van der Waals surface area contributed by atoms with Gasteiger partial charge in [0.05, 0.1) is 4.88 Å². The van der Waals surface area contributed by atoms with E-state index in [4.69, 9.17) is 10.5 Å². The van der Waals surface area contributed by atoms with Gasteiger partial charge >= 0.3 is 0 Å². The van der Waals surface area contributed by atoms with E-state index in [1.165, 1.54) is 24.2 Å². The summed E-state index contributed by atoms with van der Waals surface area (Å²) in [7, 11) is 1.72. The second kappa shape index (κ2) is 5.66. The number of nitrogens with two attached hydrogens (primary N) is 1. The zero-order valence-electron chi connectivity index (χ0n) is 12.1. The van der Waals surface area contributed by atoms with Crippen molar-refractivity contribution in [2.45, 2.75) is 19.3 Å². The first-order chi connectivity index (χ1) is 10.1. The summed E-state index contributed by atoms with van der Waals surface area (Å²) in [5.74, 6) is 0.0125. The lowest BCUT2D eigenvalue weighted by molar-refractivity contribution is 0.0942. The van der Waals surface area contributed by atoms with E-state index >= 15 is 0 Å². The van der Waals surface area contributed by atoms with Gasteiger partial charge in [-0.05, 0) is 54.3 Å². The van der Waals surface area contributed by atoms with Crippen molar-refractivity contribution in [3.8, 4) is 0 Å². The van der Waals surface area contributed by atoms with Crippen LogP contribution >= 0.6 is 11.3 Å². The zero-order chi connectivity index (χ0) is 14.9. The highest BCUT2D eigenvalue weighted by Crippen LogP contribution is 2.48. The minimum atomic E-state index is 0.0125. The fraction of sp³-hybridized carbons (Fsp3) is 0.438. The summed E-state index contributed by atoms with van der Waals surface area (Å²) < 4.78 is 6.23. The van der Waals surface area contributed by atoms with E-state index in [2.05, 4.69) is 5.32 Å². The molecule has 21 heavy (non-hydrogen) atoms.